The van der Waals surface area contributed by atoms with Gasteiger partial charge in [0.15, 0.2) is 0 Å². The Bertz CT molecular complexity index is 447. The minimum Gasteiger partial charge on any atom is -0.288 e. The predicted molar refractivity (Wildman–Crippen MR) is 57.9 cm³/mol. The molecule has 4 heteroatoms. The van der Waals surface area contributed by atoms with Crippen molar-refractivity contribution in [2.24, 2.45) is 0 Å². The molecular weight excluding hydrogens is 188 g/mol. The van der Waals surface area contributed by atoms with Crippen molar-refractivity contribution in [2.75, 3.05) is 0 Å². The predicted octanol–water partition coefficient (Wildman–Crippen LogP) is 1.92. The number of nitrogens with zero attached hydrogens (tertiary/aromatic N) is 4. The van der Waals surface area contributed by atoms with Gasteiger partial charge in [-0.1, -0.05) is 6.92 Å². The molecule has 0 aliphatic rings. The van der Waals surface area contributed by atoms with Gasteiger partial charge in [0, 0.05) is 25.0 Å². The molecule has 0 bridgehead atoms. The Morgan fingerprint density at radius 2 is 2.13 bits per heavy atom. The first-order valence-electron chi connectivity index (χ1n) is 5.13. The fraction of sp³-hybridized carbons (Fsp3) is 0.364. The summed E-state index contributed by atoms with van der Waals surface area (Å²) < 4.78 is 2.01. The normalized spacial score (nSPS) is 10.5. The average molecular weight is 202 g/mol. The van der Waals surface area contributed by atoms with E-state index >= 15 is 0 Å². The fourth-order valence-corrected chi connectivity index (χ4v) is 1.53. The molecule has 2 heterocycles. The molecule has 0 amide bonds. The van der Waals surface area contributed by atoms with Gasteiger partial charge in [0.2, 0.25) is 0 Å². The molecule has 0 N–H and O–H groups in total. The molecule has 0 fully saturated rings. The number of imidazole rings is 1. The smallest absolute Gasteiger partial charge is 0.141 e. The lowest BCUT2D eigenvalue weighted by molar-refractivity contribution is 0.792. The molecule has 2 rings (SSSR count). The zero-order valence-corrected chi connectivity index (χ0v) is 9.01. The van der Waals surface area contributed by atoms with Crippen LogP contribution in [-0.4, -0.2) is 19.5 Å². The van der Waals surface area contributed by atoms with E-state index in [1.165, 1.54) is 0 Å². The molecular formula is C11H14N4. The summed E-state index contributed by atoms with van der Waals surface area (Å²) in [6.45, 7) is 4.03. The van der Waals surface area contributed by atoms with E-state index in [9.17, 15) is 0 Å². The highest BCUT2D eigenvalue weighted by molar-refractivity contribution is 5.23. The molecule has 2 aromatic rings. The minimum atomic E-state index is 0.781. The molecule has 0 aromatic carbocycles. The van der Waals surface area contributed by atoms with Crippen LogP contribution in [0, 0.1) is 6.92 Å². The van der Waals surface area contributed by atoms with Crippen molar-refractivity contribution in [3.05, 3.63) is 36.3 Å². The van der Waals surface area contributed by atoms with Crippen LogP contribution in [0.4, 0.5) is 0 Å². The number of hydrogen-bond donors (Lipinski definition) is 0. The third-order valence-electron chi connectivity index (χ3n) is 2.20. The lowest BCUT2D eigenvalue weighted by atomic mass is 10.3. The number of aromatic nitrogens is 4. The topological polar surface area (TPSA) is 43.6 Å². The first-order chi connectivity index (χ1) is 7.31. The zero-order valence-electron chi connectivity index (χ0n) is 9.01. The van der Waals surface area contributed by atoms with Gasteiger partial charge in [0.25, 0.3) is 0 Å². The SMILES string of the molecule is CCCc1nccn1-c1ccnc(C)n1. The van der Waals surface area contributed by atoms with Crippen molar-refractivity contribution in [3.8, 4) is 5.82 Å². The number of rotatable bonds is 3. The summed E-state index contributed by atoms with van der Waals surface area (Å²) in [5.74, 6) is 2.72. The Labute approximate surface area is 89.0 Å². The molecule has 0 atom stereocenters. The van der Waals surface area contributed by atoms with E-state index in [4.69, 9.17) is 0 Å². The van der Waals surface area contributed by atoms with Gasteiger partial charge in [-0.05, 0) is 19.4 Å². The van der Waals surface area contributed by atoms with Crippen LogP contribution in [0.3, 0.4) is 0 Å². The lowest BCUT2D eigenvalue weighted by Crippen LogP contribution is -2.03. The first-order valence-corrected chi connectivity index (χ1v) is 5.13. The first kappa shape index (κ1) is 9.83. The second-order valence-electron chi connectivity index (χ2n) is 3.43. The fourth-order valence-electron chi connectivity index (χ4n) is 1.53. The van der Waals surface area contributed by atoms with Crippen molar-refractivity contribution in [3.63, 3.8) is 0 Å². The number of aryl methyl sites for hydroxylation is 2. The van der Waals surface area contributed by atoms with E-state index in [1.807, 2.05) is 30.0 Å². The zero-order chi connectivity index (χ0) is 10.7. The maximum Gasteiger partial charge on any atom is 0.141 e. The van der Waals surface area contributed by atoms with Crippen molar-refractivity contribution in [2.45, 2.75) is 26.7 Å². The second kappa shape index (κ2) is 4.21. The molecule has 0 aliphatic heterocycles. The summed E-state index contributed by atoms with van der Waals surface area (Å²) in [6, 6.07) is 1.90. The van der Waals surface area contributed by atoms with E-state index in [0.29, 0.717) is 0 Å². The third-order valence-corrected chi connectivity index (χ3v) is 2.20. The van der Waals surface area contributed by atoms with Crippen LogP contribution in [-0.2, 0) is 6.42 Å². The van der Waals surface area contributed by atoms with Crippen LogP contribution in [0.15, 0.2) is 24.7 Å². The lowest BCUT2D eigenvalue weighted by Gasteiger charge is -2.05. The molecule has 0 unspecified atom stereocenters. The largest absolute Gasteiger partial charge is 0.288 e. The molecule has 0 saturated carbocycles. The summed E-state index contributed by atoms with van der Waals surface area (Å²) in [4.78, 5) is 12.8. The Kier molecular flexibility index (Phi) is 2.76. The summed E-state index contributed by atoms with van der Waals surface area (Å²) >= 11 is 0. The van der Waals surface area contributed by atoms with E-state index < -0.39 is 0 Å². The highest BCUT2D eigenvalue weighted by Crippen LogP contribution is 2.08. The summed E-state index contributed by atoms with van der Waals surface area (Å²) in [5.41, 5.74) is 0. The molecule has 2 aromatic heterocycles. The van der Waals surface area contributed by atoms with Gasteiger partial charge in [-0.2, -0.15) is 0 Å². The van der Waals surface area contributed by atoms with E-state index in [-0.39, 0.29) is 0 Å². The van der Waals surface area contributed by atoms with Crippen LogP contribution in [0.25, 0.3) is 5.82 Å². The van der Waals surface area contributed by atoms with E-state index in [2.05, 4.69) is 21.9 Å². The molecule has 4 nitrogen and oxygen atoms in total. The van der Waals surface area contributed by atoms with Crippen molar-refractivity contribution in [1.29, 1.82) is 0 Å². The third kappa shape index (κ3) is 2.03. The molecule has 0 spiro atoms. The van der Waals surface area contributed by atoms with Gasteiger partial charge in [-0.25, -0.2) is 15.0 Å². The Morgan fingerprint density at radius 3 is 2.87 bits per heavy atom. The Hall–Kier alpha value is -1.71. The molecule has 0 radical (unpaired) electrons. The molecule has 15 heavy (non-hydrogen) atoms. The second-order valence-corrected chi connectivity index (χ2v) is 3.43. The summed E-state index contributed by atoms with van der Waals surface area (Å²) in [6.07, 6.45) is 7.57. The van der Waals surface area contributed by atoms with Crippen molar-refractivity contribution in [1.82, 2.24) is 19.5 Å². The quantitative estimate of drug-likeness (QED) is 0.763. The highest BCUT2D eigenvalue weighted by atomic mass is 15.1. The molecule has 0 saturated heterocycles. The standard InChI is InChI=1S/C11H14N4/c1-3-4-10-13-7-8-15(10)11-5-6-12-9(2)14-11/h5-8H,3-4H2,1-2H3. The Balaban J connectivity index is 2.40. The van der Waals surface area contributed by atoms with Crippen LogP contribution in [0.1, 0.15) is 25.0 Å². The summed E-state index contributed by atoms with van der Waals surface area (Å²) in [5, 5.41) is 0. The van der Waals surface area contributed by atoms with Crippen LogP contribution in [0.2, 0.25) is 0 Å². The highest BCUT2D eigenvalue weighted by Gasteiger charge is 2.04. The Morgan fingerprint density at radius 1 is 1.27 bits per heavy atom. The average Bonchev–Trinajstić information content (AvgIpc) is 2.66. The van der Waals surface area contributed by atoms with Gasteiger partial charge >= 0.3 is 0 Å². The maximum atomic E-state index is 4.37. The maximum absolute atomic E-state index is 4.37. The van der Waals surface area contributed by atoms with Gasteiger partial charge in [-0.15, -0.1) is 0 Å². The monoisotopic (exact) mass is 202 g/mol. The van der Waals surface area contributed by atoms with E-state index in [1.54, 1.807) is 6.20 Å². The van der Waals surface area contributed by atoms with Crippen LogP contribution in [0.5, 0.6) is 0 Å². The van der Waals surface area contributed by atoms with Crippen LogP contribution >= 0.6 is 0 Å². The van der Waals surface area contributed by atoms with Gasteiger partial charge in [0.1, 0.15) is 17.5 Å². The van der Waals surface area contributed by atoms with Crippen LogP contribution < -0.4 is 0 Å². The van der Waals surface area contributed by atoms with Crippen molar-refractivity contribution >= 4 is 0 Å². The van der Waals surface area contributed by atoms with Gasteiger partial charge in [0.05, 0.1) is 0 Å². The van der Waals surface area contributed by atoms with Gasteiger partial charge < -0.3 is 0 Å². The van der Waals surface area contributed by atoms with Gasteiger partial charge in [-0.3, -0.25) is 4.57 Å². The molecule has 0 aliphatic carbocycles. The van der Waals surface area contributed by atoms with Crippen molar-refractivity contribution < 1.29 is 0 Å². The minimum absolute atomic E-state index is 0.781. The molecule has 78 valence electrons. The van der Waals surface area contributed by atoms with E-state index in [0.717, 1.165) is 30.3 Å². The summed E-state index contributed by atoms with van der Waals surface area (Å²) in [7, 11) is 0. The number of hydrogen-bond acceptors (Lipinski definition) is 3.